The standard InChI is InChI=1S/C22H41N5O/c1-17-8-7-12-22(14-17,26(3)4)16-24-21(23-2)25-19-11-13-27(15-19)20(28)18-9-5-6-10-18/h17-19H,5-16H2,1-4H3,(H2,23,24,25). The average Bonchev–Trinajstić information content (AvgIpc) is 3.36. The van der Waals surface area contributed by atoms with Crippen molar-refractivity contribution in [2.75, 3.05) is 40.8 Å². The molecule has 0 spiro atoms. The van der Waals surface area contributed by atoms with E-state index in [-0.39, 0.29) is 11.5 Å². The smallest absolute Gasteiger partial charge is 0.225 e. The van der Waals surface area contributed by atoms with Crippen molar-refractivity contribution in [3.8, 4) is 0 Å². The fourth-order valence-corrected chi connectivity index (χ4v) is 5.50. The van der Waals surface area contributed by atoms with Crippen LogP contribution in [-0.4, -0.2) is 74.0 Å². The highest BCUT2D eigenvalue weighted by Gasteiger charge is 2.37. The first-order valence-corrected chi connectivity index (χ1v) is 11.4. The lowest BCUT2D eigenvalue weighted by Crippen LogP contribution is -2.57. The van der Waals surface area contributed by atoms with Gasteiger partial charge in [0.15, 0.2) is 5.96 Å². The van der Waals surface area contributed by atoms with Crippen LogP contribution >= 0.6 is 0 Å². The SMILES string of the molecule is CN=C(NCC1(N(C)C)CCCC(C)C1)NC1CCN(C(=O)C2CCCC2)C1. The van der Waals surface area contributed by atoms with Crippen LogP contribution in [0.15, 0.2) is 4.99 Å². The Morgan fingerprint density at radius 1 is 1.18 bits per heavy atom. The van der Waals surface area contributed by atoms with Crippen LogP contribution in [0.4, 0.5) is 0 Å². The van der Waals surface area contributed by atoms with E-state index in [1.165, 1.54) is 38.5 Å². The second-order valence-corrected chi connectivity index (χ2v) is 9.64. The van der Waals surface area contributed by atoms with Gasteiger partial charge in [0.25, 0.3) is 0 Å². The Hall–Kier alpha value is -1.30. The van der Waals surface area contributed by atoms with Crippen LogP contribution < -0.4 is 10.6 Å². The second-order valence-electron chi connectivity index (χ2n) is 9.64. The molecular weight excluding hydrogens is 350 g/mol. The predicted octanol–water partition coefficient (Wildman–Crippen LogP) is 2.45. The number of amides is 1. The predicted molar refractivity (Wildman–Crippen MR) is 115 cm³/mol. The van der Waals surface area contributed by atoms with Gasteiger partial charge in [-0.25, -0.2) is 0 Å². The highest BCUT2D eigenvalue weighted by atomic mass is 16.2. The highest BCUT2D eigenvalue weighted by Crippen LogP contribution is 2.35. The molecule has 6 heteroatoms. The molecule has 1 aliphatic heterocycles. The van der Waals surface area contributed by atoms with Crippen LogP contribution in [0, 0.1) is 11.8 Å². The van der Waals surface area contributed by atoms with Gasteiger partial charge < -0.3 is 20.4 Å². The Bertz CT molecular complexity index is 557. The van der Waals surface area contributed by atoms with Crippen LogP contribution in [0.3, 0.4) is 0 Å². The van der Waals surface area contributed by atoms with Gasteiger partial charge in [0.2, 0.25) is 5.91 Å². The molecular formula is C22H41N5O. The number of carbonyl (C=O) groups excluding carboxylic acids is 1. The van der Waals surface area contributed by atoms with Crippen molar-refractivity contribution in [3.05, 3.63) is 0 Å². The van der Waals surface area contributed by atoms with Gasteiger partial charge >= 0.3 is 0 Å². The van der Waals surface area contributed by atoms with Crippen LogP contribution in [0.1, 0.15) is 64.7 Å². The van der Waals surface area contributed by atoms with Gasteiger partial charge in [-0.1, -0.05) is 32.6 Å². The normalized spacial score (nSPS) is 32.2. The van der Waals surface area contributed by atoms with Crippen LogP contribution in [0.25, 0.3) is 0 Å². The molecule has 0 radical (unpaired) electrons. The lowest BCUT2D eigenvalue weighted by Gasteiger charge is -2.45. The second kappa shape index (κ2) is 9.47. The maximum absolute atomic E-state index is 12.7. The number of likely N-dealkylation sites (tertiary alicyclic amines) is 1. The third-order valence-corrected chi connectivity index (χ3v) is 7.37. The van der Waals surface area contributed by atoms with Crippen molar-refractivity contribution in [1.29, 1.82) is 0 Å². The number of guanidine groups is 1. The molecule has 6 nitrogen and oxygen atoms in total. The summed E-state index contributed by atoms with van der Waals surface area (Å²) < 4.78 is 0. The van der Waals surface area contributed by atoms with E-state index in [9.17, 15) is 4.79 Å². The molecule has 160 valence electrons. The van der Waals surface area contributed by atoms with E-state index in [4.69, 9.17) is 0 Å². The topological polar surface area (TPSA) is 60.0 Å². The molecule has 3 aliphatic rings. The van der Waals surface area contributed by atoms with Crippen molar-refractivity contribution < 1.29 is 4.79 Å². The largest absolute Gasteiger partial charge is 0.355 e. The van der Waals surface area contributed by atoms with Crippen molar-refractivity contribution >= 4 is 11.9 Å². The van der Waals surface area contributed by atoms with Crippen molar-refractivity contribution in [1.82, 2.24) is 20.4 Å². The van der Waals surface area contributed by atoms with Crippen LogP contribution in [0.5, 0.6) is 0 Å². The fourth-order valence-electron chi connectivity index (χ4n) is 5.50. The maximum Gasteiger partial charge on any atom is 0.225 e. The van der Waals surface area contributed by atoms with Crippen molar-refractivity contribution in [2.24, 2.45) is 16.8 Å². The molecule has 3 unspecified atom stereocenters. The van der Waals surface area contributed by atoms with Gasteiger partial charge in [-0.3, -0.25) is 9.79 Å². The zero-order valence-corrected chi connectivity index (χ0v) is 18.5. The summed E-state index contributed by atoms with van der Waals surface area (Å²) in [5.41, 5.74) is 0.204. The maximum atomic E-state index is 12.7. The molecule has 2 aliphatic carbocycles. The summed E-state index contributed by atoms with van der Waals surface area (Å²) in [6.07, 6.45) is 10.7. The Morgan fingerprint density at radius 3 is 2.57 bits per heavy atom. The van der Waals surface area contributed by atoms with E-state index in [1.54, 1.807) is 0 Å². The summed E-state index contributed by atoms with van der Waals surface area (Å²) in [6, 6.07) is 0.303. The number of likely N-dealkylation sites (N-methyl/N-ethyl adjacent to an activating group) is 1. The molecule has 1 heterocycles. The Labute approximate surface area is 171 Å². The quantitative estimate of drug-likeness (QED) is 0.558. The van der Waals surface area contributed by atoms with Gasteiger partial charge in [0.05, 0.1) is 0 Å². The van der Waals surface area contributed by atoms with Gasteiger partial charge in [-0.15, -0.1) is 0 Å². The molecule has 0 bridgehead atoms. The Morgan fingerprint density at radius 2 is 1.93 bits per heavy atom. The zero-order chi connectivity index (χ0) is 20.1. The van der Waals surface area contributed by atoms with Gasteiger partial charge in [0.1, 0.15) is 0 Å². The molecule has 3 rings (SSSR count). The number of nitrogens with one attached hydrogen (secondary N) is 2. The Balaban J connectivity index is 1.50. The minimum Gasteiger partial charge on any atom is -0.355 e. The van der Waals surface area contributed by atoms with E-state index >= 15 is 0 Å². The van der Waals surface area contributed by atoms with E-state index in [0.29, 0.717) is 11.9 Å². The molecule has 1 amide bonds. The third kappa shape index (κ3) is 5.00. The molecule has 0 aromatic heterocycles. The van der Waals surface area contributed by atoms with Gasteiger partial charge in [-0.05, 0) is 52.1 Å². The lowest BCUT2D eigenvalue weighted by molar-refractivity contribution is -0.134. The lowest BCUT2D eigenvalue weighted by atomic mass is 9.75. The summed E-state index contributed by atoms with van der Waals surface area (Å²) in [6.45, 7) is 4.98. The molecule has 1 saturated heterocycles. The van der Waals surface area contributed by atoms with Gasteiger partial charge in [-0.2, -0.15) is 0 Å². The monoisotopic (exact) mass is 391 g/mol. The summed E-state index contributed by atoms with van der Waals surface area (Å²) in [4.78, 5) is 21.6. The summed E-state index contributed by atoms with van der Waals surface area (Å²) in [7, 11) is 6.26. The number of nitrogens with zero attached hydrogens (tertiary/aromatic N) is 3. The summed E-state index contributed by atoms with van der Waals surface area (Å²) in [5.74, 6) is 2.31. The fraction of sp³-hybridized carbons (Fsp3) is 0.909. The van der Waals surface area contributed by atoms with Crippen LogP contribution in [0.2, 0.25) is 0 Å². The van der Waals surface area contributed by atoms with Gasteiger partial charge in [0, 0.05) is 44.2 Å². The Kier molecular flexibility index (Phi) is 7.24. The number of hydrogen-bond acceptors (Lipinski definition) is 3. The number of carbonyl (C=O) groups is 1. The number of hydrogen-bond donors (Lipinski definition) is 2. The summed E-state index contributed by atoms with van der Waals surface area (Å²) >= 11 is 0. The molecule has 3 fully saturated rings. The van der Waals surface area contributed by atoms with Crippen molar-refractivity contribution in [2.45, 2.75) is 76.3 Å². The molecule has 2 N–H and O–H groups in total. The van der Waals surface area contributed by atoms with Crippen LogP contribution in [-0.2, 0) is 4.79 Å². The minimum absolute atomic E-state index is 0.204. The summed E-state index contributed by atoms with van der Waals surface area (Å²) in [5, 5.41) is 7.18. The average molecular weight is 392 g/mol. The zero-order valence-electron chi connectivity index (χ0n) is 18.5. The van der Waals surface area contributed by atoms with E-state index in [2.05, 4.69) is 46.4 Å². The molecule has 3 atom stereocenters. The number of rotatable bonds is 5. The first kappa shape index (κ1) is 21.4. The first-order chi connectivity index (χ1) is 13.4. The highest BCUT2D eigenvalue weighted by molar-refractivity contribution is 5.81. The molecule has 28 heavy (non-hydrogen) atoms. The first-order valence-electron chi connectivity index (χ1n) is 11.4. The van der Waals surface area contributed by atoms with E-state index in [1.807, 2.05) is 7.05 Å². The third-order valence-electron chi connectivity index (χ3n) is 7.37. The minimum atomic E-state index is 0.204. The molecule has 2 saturated carbocycles. The van der Waals surface area contributed by atoms with Crippen molar-refractivity contribution in [3.63, 3.8) is 0 Å². The number of aliphatic imine (C=N–C) groups is 1. The van der Waals surface area contributed by atoms with E-state index < -0.39 is 0 Å². The molecule has 0 aromatic rings. The van der Waals surface area contributed by atoms with E-state index in [0.717, 1.165) is 50.8 Å². The molecule has 0 aromatic carbocycles.